The highest BCUT2D eigenvalue weighted by Crippen LogP contribution is 1.86. The minimum atomic E-state index is -0.0220. The standard InChI is InChI=1S/C7H14N3O/c1-2-7(11)10-6-5-8-3-4-9-6/h6,8-9H,2-5H2,1H3. The maximum Gasteiger partial charge on any atom is 0.242 e. The lowest BCUT2D eigenvalue weighted by Crippen LogP contribution is -2.53. The van der Waals surface area contributed by atoms with Gasteiger partial charge in [-0.2, -0.15) is 0 Å². The highest BCUT2D eigenvalue weighted by atomic mass is 16.1. The summed E-state index contributed by atoms with van der Waals surface area (Å²) in [7, 11) is 0. The molecule has 1 fully saturated rings. The van der Waals surface area contributed by atoms with E-state index in [1.165, 1.54) is 0 Å². The first-order valence-electron chi connectivity index (χ1n) is 4.00. The van der Waals surface area contributed by atoms with Gasteiger partial charge in [-0.15, -0.1) is 0 Å². The quantitative estimate of drug-likeness (QED) is 0.542. The number of hydrogen-bond donors (Lipinski definition) is 2. The summed E-state index contributed by atoms with van der Waals surface area (Å²) in [4.78, 5) is 10.8. The molecule has 1 aliphatic heterocycles. The van der Waals surface area contributed by atoms with E-state index in [-0.39, 0.29) is 12.1 Å². The molecule has 0 bridgehead atoms. The van der Waals surface area contributed by atoms with E-state index in [9.17, 15) is 4.79 Å². The van der Waals surface area contributed by atoms with E-state index in [0.717, 1.165) is 19.6 Å². The molecule has 2 N–H and O–H groups in total. The van der Waals surface area contributed by atoms with Crippen LogP contribution in [0.2, 0.25) is 0 Å². The van der Waals surface area contributed by atoms with Crippen LogP contribution in [0.3, 0.4) is 0 Å². The lowest BCUT2D eigenvalue weighted by molar-refractivity contribution is -0.122. The summed E-state index contributed by atoms with van der Waals surface area (Å²) < 4.78 is 0. The van der Waals surface area contributed by atoms with E-state index in [4.69, 9.17) is 0 Å². The summed E-state index contributed by atoms with van der Waals surface area (Å²) in [5.74, 6) is -0.0220. The lowest BCUT2D eigenvalue weighted by atomic mass is 10.3. The van der Waals surface area contributed by atoms with Crippen LogP contribution in [-0.2, 0) is 4.79 Å². The first-order valence-corrected chi connectivity index (χ1v) is 4.00. The summed E-state index contributed by atoms with van der Waals surface area (Å²) in [6, 6.07) is 0. The Balaban J connectivity index is 2.19. The van der Waals surface area contributed by atoms with Crippen LogP contribution in [0.15, 0.2) is 0 Å². The van der Waals surface area contributed by atoms with Gasteiger partial charge in [0, 0.05) is 26.1 Å². The molecule has 1 aliphatic rings. The van der Waals surface area contributed by atoms with Crippen molar-refractivity contribution in [1.82, 2.24) is 16.0 Å². The average molecular weight is 156 g/mol. The van der Waals surface area contributed by atoms with Crippen LogP contribution in [0.1, 0.15) is 13.3 Å². The van der Waals surface area contributed by atoms with E-state index in [0.29, 0.717) is 6.42 Å². The van der Waals surface area contributed by atoms with Crippen molar-refractivity contribution in [3.8, 4) is 0 Å². The van der Waals surface area contributed by atoms with Gasteiger partial charge in [0.25, 0.3) is 0 Å². The fourth-order valence-corrected chi connectivity index (χ4v) is 0.995. The van der Waals surface area contributed by atoms with E-state index in [2.05, 4.69) is 16.0 Å². The van der Waals surface area contributed by atoms with E-state index in [1.807, 2.05) is 6.92 Å². The molecule has 0 saturated carbocycles. The molecule has 1 atom stereocenters. The summed E-state index contributed by atoms with van der Waals surface area (Å²) in [5, 5.41) is 10.2. The molecule has 4 heteroatoms. The van der Waals surface area contributed by atoms with Crippen LogP contribution >= 0.6 is 0 Å². The van der Waals surface area contributed by atoms with Crippen molar-refractivity contribution in [3.63, 3.8) is 0 Å². The number of piperazine rings is 1. The molecular formula is C7H14N3O. The number of carbonyl (C=O) groups excluding carboxylic acids is 1. The first kappa shape index (κ1) is 8.49. The maximum absolute atomic E-state index is 10.8. The molecule has 1 saturated heterocycles. The number of hydrogen-bond acceptors (Lipinski definition) is 3. The van der Waals surface area contributed by atoms with Crippen molar-refractivity contribution in [1.29, 1.82) is 0 Å². The Bertz CT molecular complexity index is 132. The second-order valence-electron chi connectivity index (χ2n) is 2.55. The zero-order valence-electron chi connectivity index (χ0n) is 6.76. The van der Waals surface area contributed by atoms with Gasteiger partial charge in [-0.25, -0.2) is 5.32 Å². The van der Waals surface area contributed by atoms with Gasteiger partial charge in [-0.05, 0) is 0 Å². The Morgan fingerprint density at radius 3 is 3.00 bits per heavy atom. The second-order valence-corrected chi connectivity index (χ2v) is 2.55. The largest absolute Gasteiger partial charge is 0.312 e. The van der Waals surface area contributed by atoms with Crippen LogP contribution in [0.5, 0.6) is 0 Å². The molecule has 1 amide bonds. The van der Waals surface area contributed by atoms with Crippen molar-refractivity contribution in [3.05, 3.63) is 0 Å². The Kier molecular flexibility index (Phi) is 3.32. The normalized spacial score (nSPS) is 24.6. The van der Waals surface area contributed by atoms with Crippen molar-refractivity contribution in [2.75, 3.05) is 19.6 Å². The zero-order chi connectivity index (χ0) is 8.10. The Morgan fingerprint density at radius 2 is 2.45 bits per heavy atom. The van der Waals surface area contributed by atoms with E-state index in [1.54, 1.807) is 0 Å². The molecule has 0 aliphatic carbocycles. The van der Waals surface area contributed by atoms with Crippen molar-refractivity contribution < 1.29 is 4.79 Å². The third kappa shape index (κ3) is 2.86. The molecule has 0 spiro atoms. The molecule has 0 aromatic rings. The van der Waals surface area contributed by atoms with E-state index < -0.39 is 0 Å². The predicted molar refractivity (Wildman–Crippen MR) is 42.1 cm³/mol. The predicted octanol–water partition coefficient (Wildman–Crippen LogP) is -0.954. The molecule has 0 aromatic heterocycles. The van der Waals surface area contributed by atoms with Crippen LogP contribution in [-0.4, -0.2) is 31.7 Å². The topological polar surface area (TPSA) is 55.2 Å². The summed E-state index contributed by atoms with van der Waals surface area (Å²) in [6.07, 6.45) is 0.495. The molecule has 0 aromatic carbocycles. The van der Waals surface area contributed by atoms with Crippen LogP contribution in [0.25, 0.3) is 0 Å². The number of rotatable bonds is 2. The van der Waals surface area contributed by atoms with Gasteiger partial charge in [0.05, 0.1) is 0 Å². The van der Waals surface area contributed by atoms with Crippen LogP contribution in [0.4, 0.5) is 0 Å². The highest BCUT2D eigenvalue weighted by Gasteiger charge is 2.14. The molecule has 1 radical (unpaired) electrons. The Hall–Kier alpha value is -0.610. The van der Waals surface area contributed by atoms with Crippen molar-refractivity contribution >= 4 is 5.91 Å². The average Bonchev–Trinajstić information content (AvgIpc) is 2.06. The van der Waals surface area contributed by atoms with Gasteiger partial charge in [0.1, 0.15) is 6.17 Å². The van der Waals surface area contributed by atoms with E-state index >= 15 is 0 Å². The number of carbonyl (C=O) groups is 1. The minimum absolute atomic E-state index is 0.00352. The van der Waals surface area contributed by atoms with Crippen molar-refractivity contribution in [2.45, 2.75) is 19.5 Å². The van der Waals surface area contributed by atoms with Crippen LogP contribution < -0.4 is 16.0 Å². The fraction of sp³-hybridized carbons (Fsp3) is 0.857. The summed E-state index contributed by atoms with van der Waals surface area (Å²) in [6.45, 7) is 4.45. The fourth-order valence-electron chi connectivity index (χ4n) is 0.995. The van der Waals surface area contributed by atoms with Gasteiger partial charge in [0.2, 0.25) is 5.91 Å². The highest BCUT2D eigenvalue weighted by molar-refractivity contribution is 5.75. The molecule has 63 valence electrons. The van der Waals surface area contributed by atoms with Gasteiger partial charge in [-0.1, -0.05) is 6.92 Å². The Labute approximate surface area is 66.7 Å². The van der Waals surface area contributed by atoms with Crippen molar-refractivity contribution in [2.24, 2.45) is 0 Å². The Morgan fingerprint density at radius 1 is 1.64 bits per heavy atom. The third-order valence-electron chi connectivity index (χ3n) is 1.62. The number of nitrogens with zero attached hydrogens (tertiary/aromatic N) is 1. The molecule has 1 heterocycles. The minimum Gasteiger partial charge on any atom is -0.312 e. The zero-order valence-corrected chi connectivity index (χ0v) is 6.76. The molecule has 4 nitrogen and oxygen atoms in total. The van der Waals surface area contributed by atoms with Gasteiger partial charge in [0.15, 0.2) is 0 Å². The molecular weight excluding hydrogens is 142 g/mol. The second kappa shape index (κ2) is 4.31. The summed E-state index contributed by atoms with van der Waals surface area (Å²) >= 11 is 0. The van der Waals surface area contributed by atoms with Gasteiger partial charge < -0.3 is 5.32 Å². The third-order valence-corrected chi connectivity index (χ3v) is 1.62. The SMILES string of the molecule is CCC(=O)[N]C1CNCCN1. The monoisotopic (exact) mass is 156 g/mol. The maximum atomic E-state index is 10.8. The van der Waals surface area contributed by atoms with Gasteiger partial charge in [-0.3, -0.25) is 10.1 Å². The summed E-state index contributed by atoms with van der Waals surface area (Å²) in [5.41, 5.74) is 0. The van der Waals surface area contributed by atoms with Gasteiger partial charge >= 0.3 is 0 Å². The van der Waals surface area contributed by atoms with Crippen LogP contribution in [0, 0.1) is 0 Å². The lowest BCUT2D eigenvalue weighted by Gasteiger charge is -2.22. The molecule has 11 heavy (non-hydrogen) atoms. The first-order chi connectivity index (χ1) is 5.33. The molecule has 1 unspecified atom stereocenters. The number of nitrogens with one attached hydrogen (secondary N) is 2. The number of amides is 1. The molecule has 1 rings (SSSR count). The smallest absolute Gasteiger partial charge is 0.242 e.